The number of fused-ring (bicyclic) bond motifs is 1. The van der Waals surface area contributed by atoms with E-state index in [2.05, 4.69) is 22.9 Å². The summed E-state index contributed by atoms with van der Waals surface area (Å²) in [6.07, 6.45) is 8.96. The van der Waals surface area contributed by atoms with E-state index in [1.54, 1.807) is 12.1 Å². The zero-order valence-electron chi connectivity index (χ0n) is 26.8. The Bertz CT molecular complexity index is 1400. The van der Waals surface area contributed by atoms with Gasteiger partial charge in [-0.15, -0.1) is 0 Å². The second kappa shape index (κ2) is 34.1. The number of hydrogen-bond donors (Lipinski definition) is 0. The second-order valence-electron chi connectivity index (χ2n) is 9.83. The smallest absolute Gasteiger partial charge is 0.279 e. The van der Waals surface area contributed by atoms with Crippen LogP contribution in [-0.4, -0.2) is 44.3 Å². The Labute approximate surface area is 287 Å². The van der Waals surface area contributed by atoms with Gasteiger partial charge in [-0.05, 0) is 86.1 Å². The third-order valence-electron chi connectivity index (χ3n) is 7.09. The molecule has 1 amide bonds. The molecule has 1 aliphatic carbocycles. The normalized spacial score (nSPS) is 14.9. The van der Waals surface area contributed by atoms with E-state index in [-0.39, 0.29) is 17.8 Å². The van der Waals surface area contributed by atoms with Crippen molar-refractivity contribution >= 4 is 17.9 Å². The fourth-order valence-corrected chi connectivity index (χ4v) is 5.08. The van der Waals surface area contributed by atoms with Gasteiger partial charge >= 0.3 is 0 Å². The van der Waals surface area contributed by atoms with Crippen LogP contribution in [0.15, 0.2) is 65.7 Å². The Morgan fingerprint density at radius 3 is 1.72 bits per heavy atom. The lowest BCUT2D eigenvalue weighted by molar-refractivity contribution is -0.125. The van der Waals surface area contributed by atoms with Crippen LogP contribution in [-0.2, 0) is 4.79 Å². The van der Waals surface area contributed by atoms with E-state index < -0.39 is 0 Å². The molecule has 0 N–H and O–H groups in total. The molecule has 0 bridgehead atoms. The molecule has 6 rings (SSSR count). The number of aryl methyl sites for hydroxylation is 2. The van der Waals surface area contributed by atoms with Crippen molar-refractivity contribution in [1.82, 2.24) is 19.4 Å². The first-order valence-electron chi connectivity index (χ1n) is 13.5. The van der Waals surface area contributed by atoms with E-state index in [1.807, 2.05) is 47.1 Å². The maximum absolute atomic E-state index is 13.6. The summed E-state index contributed by atoms with van der Waals surface area (Å²) < 4.78 is 160. The molecular formula is C28H28F19N5O. The summed E-state index contributed by atoms with van der Waals surface area (Å²) in [7, 11) is 0. The average molecular weight is 812 g/mol. The quantitative estimate of drug-likeness (QED) is 0.190. The first-order valence-corrected chi connectivity index (χ1v) is 13.5. The molecule has 0 unspecified atom stereocenters. The van der Waals surface area contributed by atoms with Gasteiger partial charge in [-0.25, -0.2) is 14.4 Å². The lowest BCUT2D eigenvalue weighted by atomic mass is 9.99. The van der Waals surface area contributed by atoms with Crippen LogP contribution in [0, 0.1) is 25.6 Å². The van der Waals surface area contributed by atoms with E-state index in [0.29, 0.717) is 11.6 Å². The molecular weight excluding hydrogens is 783 g/mol. The molecule has 53 heavy (non-hydrogen) atoms. The number of amides is 1. The van der Waals surface area contributed by atoms with E-state index in [0.717, 1.165) is 53.5 Å². The van der Waals surface area contributed by atoms with Crippen molar-refractivity contribution in [3.8, 4) is 5.69 Å². The van der Waals surface area contributed by atoms with Crippen LogP contribution in [0.1, 0.15) is 47.7 Å². The summed E-state index contributed by atoms with van der Waals surface area (Å²) in [6.45, 7) is 5.80. The first kappa shape index (κ1) is 54.8. The number of guanidine groups is 1. The minimum absolute atomic E-state index is 0.0956. The molecule has 0 spiro atoms. The summed E-state index contributed by atoms with van der Waals surface area (Å²) in [4.78, 5) is 26.9. The van der Waals surface area contributed by atoms with Gasteiger partial charge in [0, 0.05) is 107 Å². The van der Waals surface area contributed by atoms with Crippen LogP contribution in [0.3, 0.4) is 0 Å². The minimum Gasteiger partial charge on any atom is -0.342 e. The summed E-state index contributed by atoms with van der Waals surface area (Å²) >= 11 is 0. The molecule has 2 aliphatic heterocycles. The SMILES string of the molecule is Cc1cn(-c2ccc(/C=C3\N=C4N(CC5CC5)CC[C@@H](c5ccc(F)cc5)N4C3=O)cc2C)cn1.FF.FF.FF.FF.FF.FF.FF.FF.FF. The molecule has 2 fully saturated rings. The standard InChI is InChI=1S/C28H28FN5O.9F2/c1-18-13-21(5-10-25(18)33-15-19(2)30-17-33)14-24-27(35)34-26(22-6-8-23(29)9-7-22)11-12-32(28(34)31-24)16-20-3-4-20;9*1-2/h5-10,13-15,17,20,26H,3-4,11-12,16H2,1-2H3;;;;;;;;;/b24-14-;;;;;;;;;/t26-;;;;;;;;;/m0........./s1. The first-order chi connectivity index (χ1) is 26.0. The Morgan fingerprint density at radius 1 is 0.736 bits per heavy atom. The van der Waals surface area contributed by atoms with Crippen LogP contribution in [0.25, 0.3) is 11.8 Å². The fraction of sp³-hybridized carbons (Fsp3) is 0.321. The fourth-order valence-electron chi connectivity index (χ4n) is 5.08. The van der Waals surface area contributed by atoms with Crippen molar-refractivity contribution in [2.45, 2.75) is 39.2 Å². The maximum Gasteiger partial charge on any atom is 0.279 e. The molecule has 0 radical (unpaired) electrons. The zero-order valence-corrected chi connectivity index (χ0v) is 26.8. The Hall–Kier alpha value is -5.00. The highest BCUT2D eigenvalue weighted by Crippen LogP contribution is 2.38. The molecule has 3 aliphatic rings. The third kappa shape index (κ3) is 16.9. The number of aliphatic imine (C=N–C) groups is 1. The summed E-state index contributed by atoms with van der Waals surface area (Å²) in [6, 6.07) is 12.5. The van der Waals surface area contributed by atoms with Crippen molar-refractivity contribution < 1.29 is 91.5 Å². The van der Waals surface area contributed by atoms with Gasteiger partial charge in [-0.3, -0.25) is 9.69 Å². The molecule has 1 aromatic heterocycles. The molecule has 1 saturated heterocycles. The maximum atomic E-state index is 13.6. The van der Waals surface area contributed by atoms with Crippen molar-refractivity contribution in [2.24, 2.45) is 10.9 Å². The largest absolute Gasteiger partial charge is 0.342 e. The highest BCUT2D eigenvalue weighted by atomic mass is 20.0. The number of carbonyl (C=O) groups excluding carboxylic acids is 1. The Morgan fingerprint density at radius 2 is 1.26 bits per heavy atom. The van der Waals surface area contributed by atoms with Crippen LogP contribution < -0.4 is 0 Å². The second-order valence-corrected chi connectivity index (χ2v) is 9.83. The van der Waals surface area contributed by atoms with E-state index in [1.165, 1.54) is 25.0 Å². The molecule has 25 heteroatoms. The number of carbonyl (C=O) groups is 1. The Balaban J connectivity index is -0.000000588. The van der Waals surface area contributed by atoms with Gasteiger partial charge in [0.25, 0.3) is 5.91 Å². The minimum atomic E-state index is -0.271. The van der Waals surface area contributed by atoms with Gasteiger partial charge in [-0.1, -0.05) is 18.2 Å². The lowest BCUT2D eigenvalue weighted by Gasteiger charge is -2.40. The summed E-state index contributed by atoms with van der Waals surface area (Å²) in [5.41, 5.74) is 5.43. The van der Waals surface area contributed by atoms with E-state index in [4.69, 9.17) is 87.3 Å². The zero-order chi connectivity index (χ0) is 42.1. The Kier molecular flexibility index (Phi) is 35.2. The van der Waals surface area contributed by atoms with Gasteiger partial charge in [0.05, 0.1) is 18.1 Å². The molecule has 1 atom stereocenters. The van der Waals surface area contributed by atoms with Gasteiger partial charge in [0.1, 0.15) is 11.5 Å². The molecule has 304 valence electrons. The van der Waals surface area contributed by atoms with Crippen LogP contribution in [0.4, 0.5) is 86.7 Å². The molecule has 3 aromatic rings. The van der Waals surface area contributed by atoms with Crippen LogP contribution in [0.2, 0.25) is 0 Å². The van der Waals surface area contributed by atoms with E-state index in [9.17, 15) is 9.18 Å². The third-order valence-corrected chi connectivity index (χ3v) is 7.09. The monoisotopic (exact) mass is 811 g/mol. The summed E-state index contributed by atoms with van der Waals surface area (Å²) in [5, 5.41) is 0. The number of aromatic nitrogens is 2. The number of nitrogens with zero attached hydrogens (tertiary/aromatic N) is 5. The predicted molar refractivity (Wildman–Crippen MR) is 153 cm³/mol. The van der Waals surface area contributed by atoms with Crippen molar-refractivity contribution in [3.63, 3.8) is 0 Å². The van der Waals surface area contributed by atoms with Gasteiger partial charge < -0.3 is 9.47 Å². The number of imidazole rings is 1. The lowest BCUT2D eigenvalue weighted by Crippen LogP contribution is -2.51. The van der Waals surface area contributed by atoms with Crippen molar-refractivity contribution in [1.29, 1.82) is 0 Å². The number of rotatable bonds is 5. The summed E-state index contributed by atoms with van der Waals surface area (Å²) in [5.74, 6) is 1.05. The van der Waals surface area contributed by atoms with Crippen molar-refractivity contribution in [2.75, 3.05) is 13.1 Å². The number of hydrogen-bond acceptors (Lipinski definition) is 4. The van der Waals surface area contributed by atoms with Crippen LogP contribution in [0.5, 0.6) is 0 Å². The van der Waals surface area contributed by atoms with Gasteiger partial charge in [0.15, 0.2) is 0 Å². The average Bonchev–Trinajstić information content (AvgIpc) is 3.87. The number of halogens is 19. The molecule has 2 aromatic carbocycles. The highest BCUT2D eigenvalue weighted by Gasteiger charge is 2.43. The van der Waals surface area contributed by atoms with E-state index >= 15 is 0 Å². The topological polar surface area (TPSA) is 53.7 Å². The highest BCUT2D eigenvalue weighted by molar-refractivity contribution is 6.14. The van der Waals surface area contributed by atoms with Gasteiger partial charge in [0.2, 0.25) is 5.96 Å². The molecule has 1 saturated carbocycles. The predicted octanol–water partition coefficient (Wildman–Crippen LogP) is 12.6. The molecule has 6 nitrogen and oxygen atoms in total. The van der Waals surface area contributed by atoms with Gasteiger partial charge in [-0.2, -0.15) is 0 Å². The van der Waals surface area contributed by atoms with Crippen molar-refractivity contribution in [3.05, 3.63) is 88.9 Å². The van der Waals surface area contributed by atoms with Crippen LogP contribution >= 0.6 is 0 Å². The number of benzene rings is 2. The molecule has 3 heterocycles.